The van der Waals surface area contributed by atoms with E-state index >= 15 is 0 Å². The number of aliphatic hydroxyl groups is 1. The van der Waals surface area contributed by atoms with Crippen LogP contribution in [0.1, 0.15) is 12.5 Å². The van der Waals surface area contributed by atoms with Crippen LogP contribution in [-0.2, 0) is 16.1 Å². The van der Waals surface area contributed by atoms with Crippen LogP contribution in [0.25, 0.3) is 0 Å². The van der Waals surface area contributed by atoms with Gasteiger partial charge in [0.1, 0.15) is 5.69 Å². The van der Waals surface area contributed by atoms with Gasteiger partial charge in [-0.15, -0.1) is 0 Å². The van der Waals surface area contributed by atoms with Crippen molar-refractivity contribution in [1.29, 1.82) is 0 Å². The highest BCUT2D eigenvalue weighted by molar-refractivity contribution is 5.65. The van der Waals surface area contributed by atoms with Gasteiger partial charge in [-0.1, -0.05) is 6.07 Å². The number of hydrogen-bond donors (Lipinski definition) is 1. The van der Waals surface area contributed by atoms with Crippen molar-refractivity contribution in [3.05, 3.63) is 33.9 Å². The SMILES string of the molecule is COCCN(c1ccc(CO)cc1[N+](=O)[O-])C(C)COC. The highest BCUT2D eigenvalue weighted by Gasteiger charge is 2.23. The van der Waals surface area contributed by atoms with Gasteiger partial charge in [-0.2, -0.15) is 0 Å². The van der Waals surface area contributed by atoms with Crippen molar-refractivity contribution in [2.45, 2.75) is 19.6 Å². The molecule has 21 heavy (non-hydrogen) atoms. The highest BCUT2D eigenvalue weighted by atomic mass is 16.6. The molecule has 1 N–H and O–H groups in total. The number of nitro groups is 1. The normalized spacial score (nSPS) is 12.2. The molecule has 7 heteroatoms. The van der Waals surface area contributed by atoms with Gasteiger partial charge in [-0.05, 0) is 18.6 Å². The molecule has 1 unspecified atom stereocenters. The van der Waals surface area contributed by atoms with Gasteiger partial charge in [-0.3, -0.25) is 10.1 Å². The first-order valence-electron chi connectivity index (χ1n) is 6.67. The largest absolute Gasteiger partial charge is 0.392 e. The van der Waals surface area contributed by atoms with E-state index in [0.29, 0.717) is 31.0 Å². The van der Waals surface area contributed by atoms with Crippen LogP contribution in [0.15, 0.2) is 18.2 Å². The van der Waals surface area contributed by atoms with Crippen molar-refractivity contribution < 1.29 is 19.5 Å². The van der Waals surface area contributed by atoms with Gasteiger partial charge in [0.2, 0.25) is 0 Å². The average molecular weight is 298 g/mol. The molecule has 0 bridgehead atoms. The summed E-state index contributed by atoms with van der Waals surface area (Å²) in [5.74, 6) is 0. The van der Waals surface area contributed by atoms with Crippen LogP contribution >= 0.6 is 0 Å². The lowest BCUT2D eigenvalue weighted by Crippen LogP contribution is -2.39. The van der Waals surface area contributed by atoms with Crippen molar-refractivity contribution in [3.8, 4) is 0 Å². The lowest BCUT2D eigenvalue weighted by Gasteiger charge is -2.30. The predicted molar refractivity (Wildman–Crippen MR) is 79.6 cm³/mol. The summed E-state index contributed by atoms with van der Waals surface area (Å²) in [6.45, 7) is 3.12. The van der Waals surface area contributed by atoms with E-state index in [1.807, 2.05) is 11.8 Å². The molecule has 0 aliphatic heterocycles. The molecule has 1 rings (SSSR count). The molecule has 0 saturated carbocycles. The summed E-state index contributed by atoms with van der Waals surface area (Å²) in [5, 5.41) is 20.4. The van der Waals surface area contributed by atoms with Crippen molar-refractivity contribution in [2.24, 2.45) is 0 Å². The Hall–Kier alpha value is -1.70. The van der Waals surface area contributed by atoms with Crippen LogP contribution < -0.4 is 4.90 Å². The Kier molecular flexibility index (Phi) is 7.07. The summed E-state index contributed by atoms with van der Waals surface area (Å²) in [6.07, 6.45) is 0. The Morgan fingerprint density at radius 1 is 1.38 bits per heavy atom. The lowest BCUT2D eigenvalue weighted by molar-refractivity contribution is -0.384. The zero-order valence-corrected chi connectivity index (χ0v) is 12.6. The Labute approximate surface area is 124 Å². The van der Waals surface area contributed by atoms with E-state index in [0.717, 1.165) is 0 Å². The topological polar surface area (TPSA) is 85.1 Å². The Bertz CT molecular complexity index is 467. The molecule has 0 aliphatic carbocycles. The molecule has 1 atom stereocenters. The van der Waals surface area contributed by atoms with E-state index < -0.39 is 4.92 Å². The van der Waals surface area contributed by atoms with Crippen LogP contribution in [0.2, 0.25) is 0 Å². The fraction of sp³-hybridized carbons (Fsp3) is 0.571. The summed E-state index contributed by atoms with van der Waals surface area (Å²) in [4.78, 5) is 12.7. The third kappa shape index (κ3) is 4.66. The summed E-state index contributed by atoms with van der Waals surface area (Å²) in [7, 11) is 3.18. The van der Waals surface area contributed by atoms with Crippen molar-refractivity contribution >= 4 is 11.4 Å². The first-order valence-corrected chi connectivity index (χ1v) is 6.67. The van der Waals surface area contributed by atoms with Crippen LogP contribution in [0.5, 0.6) is 0 Å². The molecule has 0 radical (unpaired) electrons. The number of hydrogen-bond acceptors (Lipinski definition) is 6. The lowest BCUT2D eigenvalue weighted by atomic mass is 10.1. The van der Waals surface area contributed by atoms with Gasteiger partial charge in [0, 0.05) is 32.9 Å². The molecule has 1 aromatic rings. The van der Waals surface area contributed by atoms with Gasteiger partial charge in [0.25, 0.3) is 5.69 Å². The minimum atomic E-state index is -0.437. The number of nitrogens with zero attached hydrogens (tertiary/aromatic N) is 2. The zero-order chi connectivity index (χ0) is 15.8. The third-order valence-corrected chi connectivity index (χ3v) is 3.20. The maximum Gasteiger partial charge on any atom is 0.292 e. The van der Waals surface area contributed by atoms with E-state index in [4.69, 9.17) is 14.6 Å². The number of anilines is 1. The highest BCUT2D eigenvalue weighted by Crippen LogP contribution is 2.30. The number of aliphatic hydroxyl groups excluding tert-OH is 1. The predicted octanol–water partition coefficient (Wildman–Crippen LogP) is 1.57. The maximum atomic E-state index is 11.3. The number of ether oxygens (including phenoxy) is 2. The average Bonchev–Trinajstić information content (AvgIpc) is 2.47. The van der Waals surface area contributed by atoms with Gasteiger partial charge >= 0.3 is 0 Å². The minimum Gasteiger partial charge on any atom is -0.392 e. The third-order valence-electron chi connectivity index (χ3n) is 3.20. The molecule has 0 amide bonds. The summed E-state index contributed by atoms with van der Waals surface area (Å²) in [6, 6.07) is 4.70. The van der Waals surface area contributed by atoms with Gasteiger partial charge in [0.15, 0.2) is 0 Å². The van der Waals surface area contributed by atoms with Gasteiger partial charge < -0.3 is 19.5 Å². The number of rotatable bonds is 9. The molecule has 118 valence electrons. The maximum absolute atomic E-state index is 11.3. The molecule has 0 fully saturated rings. The van der Waals surface area contributed by atoms with Crippen molar-refractivity contribution in [3.63, 3.8) is 0 Å². The second-order valence-corrected chi connectivity index (χ2v) is 4.73. The van der Waals surface area contributed by atoms with Crippen LogP contribution in [-0.4, -0.2) is 50.0 Å². The molecular weight excluding hydrogens is 276 g/mol. The summed E-state index contributed by atoms with van der Waals surface area (Å²) >= 11 is 0. The standard InChI is InChI=1S/C14H22N2O5/c1-11(10-21-3)15(6-7-20-2)13-5-4-12(9-17)8-14(13)16(18)19/h4-5,8,11,17H,6-7,9-10H2,1-3H3. The van der Waals surface area contributed by atoms with E-state index in [1.54, 1.807) is 26.4 Å². The van der Waals surface area contributed by atoms with E-state index in [-0.39, 0.29) is 18.3 Å². The van der Waals surface area contributed by atoms with Crippen molar-refractivity contribution in [1.82, 2.24) is 0 Å². The molecule has 1 aromatic carbocycles. The quantitative estimate of drug-likeness (QED) is 0.550. The monoisotopic (exact) mass is 298 g/mol. The molecular formula is C14H22N2O5. The summed E-state index contributed by atoms with van der Waals surface area (Å²) in [5.41, 5.74) is 0.982. The van der Waals surface area contributed by atoms with Crippen molar-refractivity contribution in [2.75, 3.05) is 38.9 Å². The molecule has 0 heterocycles. The molecule has 0 aromatic heterocycles. The Balaban J connectivity index is 3.18. The molecule has 0 saturated heterocycles. The minimum absolute atomic E-state index is 0.0272. The first kappa shape index (κ1) is 17.4. The van der Waals surface area contributed by atoms with Crippen LogP contribution in [0.4, 0.5) is 11.4 Å². The second kappa shape index (κ2) is 8.56. The second-order valence-electron chi connectivity index (χ2n) is 4.73. The Morgan fingerprint density at radius 2 is 2.10 bits per heavy atom. The fourth-order valence-electron chi connectivity index (χ4n) is 2.16. The van der Waals surface area contributed by atoms with E-state index in [1.165, 1.54) is 6.07 Å². The van der Waals surface area contributed by atoms with Crippen LogP contribution in [0, 0.1) is 10.1 Å². The zero-order valence-electron chi connectivity index (χ0n) is 12.6. The number of nitro benzene ring substituents is 1. The molecule has 7 nitrogen and oxygen atoms in total. The van der Waals surface area contributed by atoms with E-state index in [2.05, 4.69) is 0 Å². The smallest absolute Gasteiger partial charge is 0.292 e. The fourth-order valence-corrected chi connectivity index (χ4v) is 2.16. The van der Waals surface area contributed by atoms with E-state index in [9.17, 15) is 10.1 Å². The summed E-state index contributed by atoms with van der Waals surface area (Å²) < 4.78 is 10.2. The first-order chi connectivity index (χ1) is 10.0. The van der Waals surface area contributed by atoms with Gasteiger partial charge in [-0.25, -0.2) is 0 Å². The van der Waals surface area contributed by atoms with Gasteiger partial charge in [0.05, 0.1) is 24.7 Å². The number of benzene rings is 1. The number of methoxy groups -OCH3 is 2. The van der Waals surface area contributed by atoms with Crippen LogP contribution in [0.3, 0.4) is 0 Å². The molecule has 0 aliphatic rings. The Morgan fingerprint density at radius 3 is 2.62 bits per heavy atom. The molecule has 0 spiro atoms.